The van der Waals surface area contributed by atoms with Gasteiger partial charge in [0, 0.05) is 11.3 Å². The number of amides is 1. The number of nitrogens with one attached hydrogen (secondary N) is 1. The lowest BCUT2D eigenvalue weighted by Gasteiger charge is -2.15. The first kappa shape index (κ1) is 18.5. The highest BCUT2D eigenvalue weighted by Crippen LogP contribution is 2.37. The van der Waals surface area contributed by atoms with E-state index in [1.165, 1.54) is 24.3 Å². The van der Waals surface area contributed by atoms with E-state index in [9.17, 15) is 35.9 Å². The molecule has 0 radical (unpaired) electrons. The van der Waals surface area contributed by atoms with Crippen LogP contribution in [0.1, 0.15) is 31.8 Å². The molecular weight excluding hydrogens is 352 g/mol. The second-order valence-electron chi connectivity index (χ2n) is 4.95. The van der Waals surface area contributed by atoms with Crippen molar-refractivity contribution in [3.05, 3.63) is 64.7 Å². The Hall–Kier alpha value is -2.84. The van der Waals surface area contributed by atoms with Crippen molar-refractivity contribution in [2.24, 2.45) is 0 Å². The molecule has 0 aliphatic carbocycles. The average Bonchev–Trinajstić information content (AvgIpc) is 2.52. The molecule has 0 aliphatic rings. The van der Waals surface area contributed by atoms with Gasteiger partial charge < -0.3 is 5.32 Å². The van der Waals surface area contributed by atoms with Crippen molar-refractivity contribution >= 4 is 17.9 Å². The maximum atomic E-state index is 12.8. The Morgan fingerprint density at radius 3 is 1.88 bits per heavy atom. The van der Waals surface area contributed by atoms with Gasteiger partial charge in [0.2, 0.25) is 0 Å². The van der Waals surface area contributed by atoms with Gasteiger partial charge in [0.25, 0.3) is 5.91 Å². The highest BCUT2D eigenvalue weighted by Gasteiger charge is 2.37. The second kappa shape index (κ2) is 6.58. The monoisotopic (exact) mass is 361 g/mol. The van der Waals surface area contributed by atoms with Gasteiger partial charge in [-0.25, -0.2) is 0 Å². The second-order valence-corrected chi connectivity index (χ2v) is 4.95. The van der Waals surface area contributed by atoms with Gasteiger partial charge in [0.1, 0.15) is 0 Å². The summed E-state index contributed by atoms with van der Waals surface area (Å²) in [6.45, 7) is 0. The Morgan fingerprint density at radius 1 is 0.880 bits per heavy atom. The van der Waals surface area contributed by atoms with Crippen LogP contribution in [0.5, 0.6) is 0 Å². The zero-order valence-corrected chi connectivity index (χ0v) is 12.2. The Bertz CT molecular complexity index is 779. The number of benzene rings is 2. The minimum Gasteiger partial charge on any atom is -0.322 e. The summed E-state index contributed by atoms with van der Waals surface area (Å²) in [4.78, 5) is 23.0. The van der Waals surface area contributed by atoms with Crippen LogP contribution in [0.15, 0.2) is 42.5 Å². The third-order valence-electron chi connectivity index (χ3n) is 3.18. The molecule has 2 rings (SSSR count). The molecule has 132 valence electrons. The molecule has 1 N–H and O–H groups in total. The minimum atomic E-state index is -5.03. The maximum absolute atomic E-state index is 12.8. The first-order chi connectivity index (χ1) is 11.5. The van der Waals surface area contributed by atoms with Crippen LogP contribution in [0.25, 0.3) is 0 Å². The fraction of sp³-hybridized carbons (Fsp3) is 0.125. The van der Waals surface area contributed by atoms with Crippen LogP contribution >= 0.6 is 0 Å². The first-order valence-corrected chi connectivity index (χ1v) is 6.67. The fourth-order valence-corrected chi connectivity index (χ4v) is 2.03. The normalized spacial score (nSPS) is 11.9. The Labute approximate surface area is 137 Å². The van der Waals surface area contributed by atoms with Crippen LogP contribution in [-0.2, 0) is 12.4 Å². The third kappa shape index (κ3) is 4.37. The summed E-state index contributed by atoms with van der Waals surface area (Å²) in [6, 6.07) is 6.08. The van der Waals surface area contributed by atoms with E-state index >= 15 is 0 Å². The van der Waals surface area contributed by atoms with Crippen molar-refractivity contribution in [2.75, 3.05) is 5.32 Å². The number of rotatable bonds is 3. The zero-order valence-electron chi connectivity index (χ0n) is 12.2. The van der Waals surface area contributed by atoms with Gasteiger partial charge in [-0.05, 0) is 24.3 Å². The lowest BCUT2D eigenvalue weighted by molar-refractivity contribution is -0.143. The van der Waals surface area contributed by atoms with E-state index in [-0.39, 0.29) is 17.2 Å². The molecule has 0 atom stereocenters. The van der Waals surface area contributed by atoms with Crippen LogP contribution in [-0.4, -0.2) is 12.2 Å². The van der Waals surface area contributed by atoms with Gasteiger partial charge in [0.05, 0.1) is 16.7 Å². The van der Waals surface area contributed by atoms with Crippen LogP contribution in [0.2, 0.25) is 0 Å². The van der Waals surface area contributed by atoms with Crippen LogP contribution in [0.3, 0.4) is 0 Å². The molecular formula is C16H9F6NO2. The van der Waals surface area contributed by atoms with Gasteiger partial charge in [-0.1, -0.05) is 18.2 Å². The van der Waals surface area contributed by atoms with Crippen molar-refractivity contribution < 1.29 is 35.9 Å². The smallest absolute Gasteiger partial charge is 0.322 e. The summed E-state index contributed by atoms with van der Waals surface area (Å²) in [6.07, 6.45) is -9.70. The van der Waals surface area contributed by atoms with E-state index < -0.39 is 35.1 Å². The number of aldehydes is 1. The van der Waals surface area contributed by atoms with Gasteiger partial charge in [-0.15, -0.1) is 0 Å². The van der Waals surface area contributed by atoms with Crippen molar-refractivity contribution in [3.63, 3.8) is 0 Å². The third-order valence-corrected chi connectivity index (χ3v) is 3.18. The molecule has 3 nitrogen and oxygen atoms in total. The fourth-order valence-electron chi connectivity index (χ4n) is 2.03. The number of anilines is 1. The summed E-state index contributed by atoms with van der Waals surface area (Å²) in [5.41, 5.74) is -4.03. The van der Waals surface area contributed by atoms with Gasteiger partial charge in [-0.3, -0.25) is 9.59 Å². The zero-order chi connectivity index (χ0) is 18.8. The van der Waals surface area contributed by atoms with E-state index in [0.717, 1.165) is 0 Å². The summed E-state index contributed by atoms with van der Waals surface area (Å²) in [5, 5.41) is 1.96. The molecule has 0 heterocycles. The summed E-state index contributed by atoms with van der Waals surface area (Å²) in [7, 11) is 0. The Morgan fingerprint density at radius 2 is 1.40 bits per heavy atom. The van der Waals surface area contributed by atoms with Gasteiger partial charge >= 0.3 is 12.4 Å². The molecule has 25 heavy (non-hydrogen) atoms. The number of hydrogen-bond acceptors (Lipinski definition) is 2. The highest BCUT2D eigenvalue weighted by atomic mass is 19.4. The van der Waals surface area contributed by atoms with E-state index in [4.69, 9.17) is 0 Å². The first-order valence-electron chi connectivity index (χ1n) is 6.67. The minimum absolute atomic E-state index is 0.0466. The molecule has 0 aliphatic heterocycles. The number of alkyl halides is 6. The summed E-state index contributed by atoms with van der Waals surface area (Å²) >= 11 is 0. The molecule has 1 amide bonds. The maximum Gasteiger partial charge on any atom is 0.416 e. The molecule has 0 saturated carbocycles. The summed E-state index contributed by atoms with van der Waals surface area (Å²) in [5.74, 6) is -1.00. The van der Waals surface area contributed by atoms with Crippen molar-refractivity contribution in [2.45, 2.75) is 12.4 Å². The SMILES string of the molecule is O=Cc1ccccc1C(=O)Nc1cc(C(F)(F)F)cc(C(F)(F)F)c1. The quantitative estimate of drug-likeness (QED) is 0.631. The topological polar surface area (TPSA) is 46.2 Å². The highest BCUT2D eigenvalue weighted by molar-refractivity contribution is 6.08. The predicted molar refractivity (Wildman–Crippen MR) is 76.2 cm³/mol. The number of halogens is 6. The molecule has 0 saturated heterocycles. The van der Waals surface area contributed by atoms with Crippen LogP contribution < -0.4 is 5.32 Å². The Kier molecular flexibility index (Phi) is 4.87. The standard InChI is InChI=1S/C16H9F6NO2/c17-15(18,19)10-5-11(16(20,21)22)7-12(6-10)23-14(25)13-4-2-1-3-9(13)8-24/h1-8H,(H,23,25). The van der Waals surface area contributed by atoms with E-state index in [1.54, 1.807) is 0 Å². The molecule has 2 aromatic carbocycles. The predicted octanol–water partition coefficient (Wildman–Crippen LogP) is 4.79. The molecule has 0 spiro atoms. The molecule has 2 aromatic rings. The van der Waals surface area contributed by atoms with Crippen molar-refractivity contribution in [1.82, 2.24) is 0 Å². The van der Waals surface area contributed by atoms with E-state index in [0.29, 0.717) is 18.4 Å². The summed E-state index contributed by atoms with van der Waals surface area (Å²) < 4.78 is 76.7. The lowest BCUT2D eigenvalue weighted by Crippen LogP contribution is -2.17. The molecule has 9 heteroatoms. The average molecular weight is 361 g/mol. The number of carbonyl (C=O) groups excluding carboxylic acids is 2. The molecule has 0 aromatic heterocycles. The largest absolute Gasteiger partial charge is 0.416 e. The number of hydrogen-bond donors (Lipinski definition) is 1. The van der Waals surface area contributed by atoms with E-state index in [2.05, 4.69) is 0 Å². The molecule has 0 unspecified atom stereocenters. The van der Waals surface area contributed by atoms with Crippen LogP contribution in [0.4, 0.5) is 32.0 Å². The van der Waals surface area contributed by atoms with Gasteiger partial charge in [0.15, 0.2) is 6.29 Å². The van der Waals surface area contributed by atoms with E-state index in [1.807, 2.05) is 5.32 Å². The van der Waals surface area contributed by atoms with Crippen LogP contribution in [0, 0.1) is 0 Å². The van der Waals surface area contributed by atoms with Gasteiger partial charge in [-0.2, -0.15) is 26.3 Å². The molecule has 0 fully saturated rings. The van der Waals surface area contributed by atoms with Crippen molar-refractivity contribution in [1.29, 1.82) is 0 Å². The van der Waals surface area contributed by atoms with Crippen molar-refractivity contribution in [3.8, 4) is 0 Å². The number of carbonyl (C=O) groups is 2. The Balaban J connectivity index is 2.45. The lowest BCUT2D eigenvalue weighted by atomic mass is 10.1. The molecule has 0 bridgehead atoms.